The van der Waals surface area contributed by atoms with Gasteiger partial charge in [0.25, 0.3) is 5.56 Å². The monoisotopic (exact) mass is 451 g/mol. The SMILES string of the molecule is O=c1/c(=C/c2ccc(Cl)c(Cl)c2)sc2nc(-c3ccccc3Br)nn12. The van der Waals surface area contributed by atoms with Crippen LogP contribution >= 0.6 is 50.5 Å². The van der Waals surface area contributed by atoms with Gasteiger partial charge in [-0.15, -0.1) is 5.10 Å². The quantitative estimate of drug-likeness (QED) is 0.451. The molecular weight excluding hydrogens is 445 g/mol. The molecule has 2 heterocycles. The summed E-state index contributed by atoms with van der Waals surface area (Å²) in [5.41, 5.74) is 1.42. The zero-order valence-electron chi connectivity index (χ0n) is 12.4. The van der Waals surface area contributed by atoms with Gasteiger partial charge >= 0.3 is 0 Å². The predicted octanol–water partition coefficient (Wildman–Crippen LogP) is 4.44. The molecular formula is C17H8BrCl2N3OS. The molecule has 2 aromatic carbocycles. The van der Waals surface area contributed by atoms with E-state index in [1.165, 1.54) is 15.9 Å². The number of hydrogen-bond donors (Lipinski definition) is 0. The van der Waals surface area contributed by atoms with Crippen molar-refractivity contribution in [3.05, 3.63) is 77.4 Å². The van der Waals surface area contributed by atoms with Crippen molar-refractivity contribution in [2.75, 3.05) is 0 Å². The summed E-state index contributed by atoms with van der Waals surface area (Å²) in [6.07, 6.45) is 1.75. The van der Waals surface area contributed by atoms with Gasteiger partial charge in [0.1, 0.15) is 0 Å². The highest BCUT2D eigenvalue weighted by atomic mass is 79.9. The van der Waals surface area contributed by atoms with Crippen molar-refractivity contribution in [3.63, 3.8) is 0 Å². The summed E-state index contributed by atoms with van der Waals surface area (Å²) >= 11 is 16.7. The molecule has 0 atom stereocenters. The molecule has 25 heavy (non-hydrogen) atoms. The Bertz CT molecular complexity index is 1220. The van der Waals surface area contributed by atoms with E-state index in [0.717, 1.165) is 15.6 Å². The Morgan fingerprint density at radius 2 is 1.92 bits per heavy atom. The van der Waals surface area contributed by atoms with Crippen LogP contribution < -0.4 is 10.1 Å². The number of aromatic nitrogens is 3. The maximum atomic E-state index is 12.6. The summed E-state index contributed by atoms with van der Waals surface area (Å²) in [7, 11) is 0. The van der Waals surface area contributed by atoms with Gasteiger partial charge in [-0.25, -0.2) is 0 Å². The first-order valence-electron chi connectivity index (χ1n) is 7.14. The summed E-state index contributed by atoms with van der Waals surface area (Å²) in [5, 5.41) is 5.26. The molecule has 0 saturated carbocycles. The van der Waals surface area contributed by atoms with E-state index < -0.39 is 0 Å². The summed E-state index contributed by atoms with van der Waals surface area (Å²) in [4.78, 5) is 17.6. The molecule has 0 radical (unpaired) electrons. The molecule has 0 aliphatic carbocycles. The molecule has 0 N–H and O–H groups in total. The highest BCUT2D eigenvalue weighted by molar-refractivity contribution is 9.10. The number of halogens is 3. The second-order valence-corrected chi connectivity index (χ2v) is 7.88. The topological polar surface area (TPSA) is 47.3 Å². The number of fused-ring (bicyclic) bond motifs is 1. The zero-order valence-corrected chi connectivity index (χ0v) is 16.3. The van der Waals surface area contributed by atoms with Gasteiger partial charge in [-0.2, -0.15) is 9.50 Å². The molecule has 4 rings (SSSR count). The lowest BCUT2D eigenvalue weighted by Crippen LogP contribution is -2.23. The fraction of sp³-hybridized carbons (Fsp3) is 0. The highest BCUT2D eigenvalue weighted by Crippen LogP contribution is 2.26. The van der Waals surface area contributed by atoms with Crippen molar-refractivity contribution in [1.29, 1.82) is 0 Å². The van der Waals surface area contributed by atoms with Crippen LogP contribution in [0.2, 0.25) is 10.0 Å². The molecule has 0 saturated heterocycles. The van der Waals surface area contributed by atoms with Gasteiger partial charge in [-0.3, -0.25) is 4.79 Å². The second kappa shape index (κ2) is 6.53. The largest absolute Gasteiger partial charge is 0.291 e. The van der Waals surface area contributed by atoms with Gasteiger partial charge in [0.2, 0.25) is 4.96 Å². The van der Waals surface area contributed by atoms with Crippen LogP contribution in [0.3, 0.4) is 0 Å². The predicted molar refractivity (Wildman–Crippen MR) is 106 cm³/mol. The van der Waals surface area contributed by atoms with Crippen LogP contribution in [0.1, 0.15) is 5.56 Å². The van der Waals surface area contributed by atoms with Crippen LogP contribution in [0, 0.1) is 0 Å². The number of hydrogen-bond acceptors (Lipinski definition) is 4. The molecule has 0 aliphatic heterocycles. The van der Waals surface area contributed by atoms with Gasteiger partial charge in [-0.05, 0) is 35.9 Å². The molecule has 0 fully saturated rings. The first-order valence-corrected chi connectivity index (χ1v) is 9.51. The van der Waals surface area contributed by atoms with Crippen LogP contribution in [0.25, 0.3) is 22.4 Å². The van der Waals surface area contributed by atoms with E-state index in [0.29, 0.717) is 25.4 Å². The Balaban J connectivity index is 1.83. The van der Waals surface area contributed by atoms with E-state index in [-0.39, 0.29) is 5.56 Å². The van der Waals surface area contributed by atoms with Gasteiger partial charge in [0.15, 0.2) is 5.82 Å². The average molecular weight is 453 g/mol. The first-order chi connectivity index (χ1) is 12.0. The number of thiazole rings is 1. The van der Waals surface area contributed by atoms with Crippen molar-refractivity contribution in [2.45, 2.75) is 0 Å². The van der Waals surface area contributed by atoms with E-state index in [1.54, 1.807) is 24.3 Å². The number of benzene rings is 2. The van der Waals surface area contributed by atoms with E-state index in [4.69, 9.17) is 23.2 Å². The summed E-state index contributed by atoms with van der Waals surface area (Å²) in [5.74, 6) is 0.511. The third-order valence-corrected chi connectivity index (χ3v) is 5.93. The minimum Gasteiger partial charge on any atom is -0.266 e. The van der Waals surface area contributed by atoms with E-state index >= 15 is 0 Å². The molecule has 2 aromatic heterocycles. The Labute approximate surface area is 164 Å². The standard InChI is InChI=1S/C17H8BrCl2N3OS/c18-11-4-2-1-3-10(11)15-21-17-23(22-15)16(24)14(25-17)8-9-5-6-12(19)13(20)7-9/h1-8H/b14-8-. The Morgan fingerprint density at radius 1 is 1.12 bits per heavy atom. The van der Waals surface area contributed by atoms with Crippen LogP contribution in [0.5, 0.6) is 0 Å². The molecule has 0 bridgehead atoms. The van der Waals surface area contributed by atoms with Crippen molar-refractivity contribution < 1.29 is 0 Å². The minimum absolute atomic E-state index is 0.211. The molecule has 4 aromatic rings. The molecule has 0 spiro atoms. The van der Waals surface area contributed by atoms with Gasteiger partial charge in [-0.1, -0.05) is 68.7 Å². The van der Waals surface area contributed by atoms with Crippen molar-refractivity contribution in [2.24, 2.45) is 0 Å². The second-order valence-electron chi connectivity index (χ2n) is 5.20. The van der Waals surface area contributed by atoms with Gasteiger partial charge in [0, 0.05) is 10.0 Å². The average Bonchev–Trinajstić information content (AvgIpc) is 3.12. The summed E-state index contributed by atoms with van der Waals surface area (Å²) < 4.78 is 2.73. The lowest BCUT2D eigenvalue weighted by molar-refractivity contribution is 0.936. The van der Waals surface area contributed by atoms with Crippen LogP contribution in [0.4, 0.5) is 0 Å². The molecule has 124 valence electrons. The first kappa shape index (κ1) is 16.7. The fourth-order valence-electron chi connectivity index (χ4n) is 2.34. The highest BCUT2D eigenvalue weighted by Gasteiger charge is 2.13. The maximum absolute atomic E-state index is 12.6. The summed E-state index contributed by atoms with van der Waals surface area (Å²) in [6, 6.07) is 12.8. The fourth-order valence-corrected chi connectivity index (χ4v) is 4.02. The molecule has 0 unspecified atom stereocenters. The van der Waals surface area contributed by atoms with Gasteiger partial charge in [0.05, 0.1) is 14.6 Å². The Morgan fingerprint density at radius 3 is 2.64 bits per heavy atom. The van der Waals surface area contributed by atoms with Crippen molar-refractivity contribution in [1.82, 2.24) is 14.6 Å². The third kappa shape index (κ3) is 3.11. The third-order valence-electron chi connectivity index (χ3n) is 3.54. The number of rotatable bonds is 2. The molecule has 4 nitrogen and oxygen atoms in total. The maximum Gasteiger partial charge on any atom is 0.291 e. The lowest BCUT2D eigenvalue weighted by atomic mass is 10.2. The summed E-state index contributed by atoms with van der Waals surface area (Å²) in [6.45, 7) is 0. The molecule has 8 heteroatoms. The Kier molecular flexibility index (Phi) is 4.37. The van der Waals surface area contributed by atoms with Crippen LogP contribution in [-0.2, 0) is 0 Å². The van der Waals surface area contributed by atoms with Crippen molar-refractivity contribution in [3.8, 4) is 11.4 Å². The zero-order chi connectivity index (χ0) is 17.6. The van der Waals surface area contributed by atoms with Gasteiger partial charge < -0.3 is 0 Å². The van der Waals surface area contributed by atoms with E-state index in [1.807, 2.05) is 24.3 Å². The van der Waals surface area contributed by atoms with Crippen molar-refractivity contribution >= 4 is 61.5 Å². The minimum atomic E-state index is -0.211. The normalized spacial score (nSPS) is 12.2. The van der Waals surface area contributed by atoms with E-state index in [2.05, 4.69) is 26.0 Å². The molecule has 0 aliphatic rings. The Hall–Kier alpha value is -1.73. The van der Waals surface area contributed by atoms with E-state index in [9.17, 15) is 4.79 Å². The number of nitrogens with zero attached hydrogens (tertiary/aromatic N) is 3. The van der Waals surface area contributed by atoms with Crippen LogP contribution in [-0.4, -0.2) is 14.6 Å². The smallest absolute Gasteiger partial charge is 0.266 e. The van der Waals surface area contributed by atoms with Crippen LogP contribution in [0.15, 0.2) is 51.7 Å². The molecule has 0 amide bonds. The lowest BCUT2D eigenvalue weighted by Gasteiger charge is -1.97.